The molecule has 272 valence electrons. The number of aromatic nitrogens is 2. The largest absolute Gasteiger partial charge is 0.508 e. The quantitative estimate of drug-likeness (QED) is 0.122. The van der Waals surface area contributed by atoms with E-state index >= 15 is 0 Å². The maximum absolute atomic E-state index is 11.9. The number of nitrogen functional groups attached to an aromatic ring is 1. The number of aryl methyl sites for hydroxylation is 3. The van der Waals surface area contributed by atoms with Crippen molar-refractivity contribution in [2.24, 2.45) is 10.2 Å². The molecule has 0 aliphatic carbocycles. The van der Waals surface area contributed by atoms with Gasteiger partial charge in [-0.3, -0.25) is 0 Å². The fraction of sp³-hybridized carbons (Fsp3) is 0.0952. The molecule has 2 aromatic heterocycles. The van der Waals surface area contributed by atoms with E-state index in [1.54, 1.807) is 40.9 Å². The standard InChI is InChI=1S/C21H17N3OS.C14H12N2S.C7H5F3O/c1-13-3-9-19-20(11-13)26-21(22-19)15-4-6-16(7-5-15)23-24-18-10-8-17(25)12-14(18)2;1-9-2-7-12-13(8-9)17-14(16-12)10-3-5-11(15)6-4-10;8-7(9,10)5-2-1-3-6(11)4-5/h3-12,25H,1-2H3;2-8H,15H2,1H3;1-4,11H. The van der Waals surface area contributed by atoms with Crippen molar-refractivity contribution in [2.75, 3.05) is 5.73 Å². The number of anilines is 1. The van der Waals surface area contributed by atoms with Crippen LogP contribution in [0.25, 0.3) is 41.6 Å². The van der Waals surface area contributed by atoms with E-state index in [4.69, 9.17) is 15.8 Å². The average molecular weight is 762 g/mol. The van der Waals surface area contributed by atoms with E-state index in [1.165, 1.54) is 26.6 Å². The molecule has 8 rings (SSSR count). The highest BCUT2D eigenvalue weighted by Crippen LogP contribution is 2.34. The molecule has 0 bridgehead atoms. The average Bonchev–Trinajstić information content (AvgIpc) is 3.76. The minimum absolute atomic E-state index is 0.233. The zero-order chi connectivity index (χ0) is 38.4. The number of phenolic OH excluding ortho intramolecular Hbond substituents is 2. The lowest BCUT2D eigenvalue weighted by Crippen LogP contribution is -2.03. The monoisotopic (exact) mass is 761 g/mol. The van der Waals surface area contributed by atoms with Gasteiger partial charge >= 0.3 is 6.18 Å². The molecular weight excluding hydrogens is 728 g/mol. The third kappa shape index (κ3) is 9.65. The number of hydrogen-bond acceptors (Lipinski definition) is 9. The molecule has 6 aromatic carbocycles. The van der Waals surface area contributed by atoms with Crippen LogP contribution in [0.2, 0.25) is 0 Å². The molecule has 0 atom stereocenters. The number of benzene rings is 6. The summed E-state index contributed by atoms with van der Waals surface area (Å²) in [6.45, 7) is 6.09. The van der Waals surface area contributed by atoms with Gasteiger partial charge in [-0.05, 0) is 147 Å². The summed E-state index contributed by atoms with van der Waals surface area (Å²) >= 11 is 3.41. The molecule has 0 saturated carbocycles. The Balaban J connectivity index is 0.000000152. The minimum Gasteiger partial charge on any atom is -0.508 e. The maximum atomic E-state index is 11.9. The zero-order valence-electron chi connectivity index (χ0n) is 29.3. The van der Waals surface area contributed by atoms with Gasteiger partial charge in [0.25, 0.3) is 0 Å². The van der Waals surface area contributed by atoms with Gasteiger partial charge in [0.1, 0.15) is 21.5 Å². The van der Waals surface area contributed by atoms with E-state index < -0.39 is 11.7 Å². The van der Waals surface area contributed by atoms with Crippen LogP contribution >= 0.6 is 22.7 Å². The number of aromatic hydroxyl groups is 2. The normalized spacial score (nSPS) is 11.3. The van der Waals surface area contributed by atoms with Crippen LogP contribution in [-0.4, -0.2) is 20.2 Å². The van der Waals surface area contributed by atoms with E-state index in [-0.39, 0.29) is 11.5 Å². The van der Waals surface area contributed by atoms with Gasteiger partial charge < -0.3 is 15.9 Å². The molecule has 0 spiro atoms. The number of rotatable bonds is 4. The first kappa shape index (κ1) is 37.6. The summed E-state index contributed by atoms with van der Waals surface area (Å²) in [6.07, 6.45) is -4.38. The number of nitrogens with two attached hydrogens (primary N) is 1. The van der Waals surface area contributed by atoms with Crippen molar-refractivity contribution in [1.82, 2.24) is 9.97 Å². The maximum Gasteiger partial charge on any atom is 0.416 e. The third-order valence-electron chi connectivity index (χ3n) is 7.99. The SMILES string of the molecule is Cc1ccc2nc(-c3ccc(N)cc3)sc2c1.Cc1ccc2nc(-c3ccc(N=Nc4ccc(O)cc4C)cc3)sc2c1.Oc1cccc(C(F)(F)F)c1. The van der Waals surface area contributed by atoms with Crippen molar-refractivity contribution >= 4 is 60.2 Å². The highest BCUT2D eigenvalue weighted by Gasteiger charge is 2.30. The second kappa shape index (κ2) is 16.3. The predicted octanol–water partition coefficient (Wildman–Crippen LogP) is 13.0. The smallest absolute Gasteiger partial charge is 0.416 e. The molecule has 12 heteroatoms. The Hall–Kier alpha value is -6.11. The summed E-state index contributed by atoms with van der Waals surface area (Å²) in [7, 11) is 0. The fourth-order valence-corrected chi connectivity index (χ4v) is 7.29. The number of halogens is 3. The van der Waals surface area contributed by atoms with Crippen molar-refractivity contribution in [2.45, 2.75) is 26.9 Å². The molecule has 0 aliphatic rings. The highest BCUT2D eigenvalue weighted by atomic mass is 32.1. The number of azo groups is 1. The van der Waals surface area contributed by atoms with E-state index in [9.17, 15) is 18.3 Å². The van der Waals surface area contributed by atoms with Gasteiger partial charge in [0.05, 0.1) is 37.4 Å². The van der Waals surface area contributed by atoms with Gasteiger partial charge in [-0.1, -0.05) is 18.2 Å². The lowest BCUT2D eigenvalue weighted by molar-refractivity contribution is -0.137. The van der Waals surface area contributed by atoms with Gasteiger partial charge in [0.15, 0.2) is 0 Å². The van der Waals surface area contributed by atoms with Crippen molar-refractivity contribution < 1.29 is 23.4 Å². The molecule has 0 fully saturated rings. The number of hydrogen-bond donors (Lipinski definition) is 3. The van der Waals surface area contributed by atoms with E-state index in [0.717, 1.165) is 66.9 Å². The second-order valence-corrected chi connectivity index (χ2v) is 14.4. The number of alkyl halides is 3. The minimum atomic E-state index is -4.38. The van der Waals surface area contributed by atoms with Gasteiger partial charge in [0, 0.05) is 16.8 Å². The molecule has 2 heterocycles. The number of nitrogens with zero attached hydrogens (tertiary/aromatic N) is 4. The molecule has 0 radical (unpaired) electrons. The number of fused-ring (bicyclic) bond motifs is 2. The summed E-state index contributed by atoms with van der Waals surface area (Å²) in [5.74, 6) is -0.142. The van der Waals surface area contributed by atoms with E-state index in [1.807, 2.05) is 55.5 Å². The molecule has 7 nitrogen and oxygen atoms in total. The summed E-state index contributed by atoms with van der Waals surface area (Å²) in [5.41, 5.74) is 14.8. The van der Waals surface area contributed by atoms with Crippen molar-refractivity contribution in [1.29, 1.82) is 0 Å². The zero-order valence-corrected chi connectivity index (χ0v) is 31.0. The summed E-state index contributed by atoms with van der Waals surface area (Å²) in [6, 6.07) is 37.4. The fourth-order valence-electron chi connectivity index (χ4n) is 5.15. The lowest BCUT2D eigenvalue weighted by Gasteiger charge is -2.05. The summed E-state index contributed by atoms with van der Waals surface area (Å²) in [5, 5.41) is 28.7. The van der Waals surface area contributed by atoms with Crippen LogP contribution < -0.4 is 5.73 Å². The molecule has 54 heavy (non-hydrogen) atoms. The molecule has 4 N–H and O–H groups in total. The van der Waals surface area contributed by atoms with Gasteiger partial charge in [-0.25, -0.2) is 9.97 Å². The second-order valence-electron chi connectivity index (χ2n) is 12.4. The van der Waals surface area contributed by atoms with E-state index in [0.29, 0.717) is 6.07 Å². The summed E-state index contributed by atoms with van der Waals surface area (Å²) < 4.78 is 38.0. The first-order chi connectivity index (χ1) is 25.8. The van der Waals surface area contributed by atoms with Crippen molar-refractivity contribution in [3.8, 4) is 32.6 Å². The van der Waals surface area contributed by atoms with Crippen molar-refractivity contribution in [3.63, 3.8) is 0 Å². The van der Waals surface area contributed by atoms with Crippen LogP contribution in [0.1, 0.15) is 22.3 Å². The van der Waals surface area contributed by atoms with Crippen LogP contribution in [0.3, 0.4) is 0 Å². The first-order valence-electron chi connectivity index (χ1n) is 16.6. The molecule has 8 aromatic rings. The van der Waals surface area contributed by atoms with Crippen LogP contribution in [0.4, 0.5) is 30.2 Å². The Labute approximate surface area is 317 Å². The predicted molar refractivity (Wildman–Crippen MR) is 214 cm³/mol. The van der Waals surface area contributed by atoms with Crippen LogP contribution in [-0.2, 0) is 6.18 Å². The third-order valence-corrected chi connectivity index (χ3v) is 10.1. The number of phenols is 2. The Bertz CT molecular complexity index is 2560. The highest BCUT2D eigenvalue weighted by molar-refractivity contribution is 7.22. The van der Waals surface area contributed by atoms with Crippen LogP contribution in [0.5, 0.6) is 11.5 Å². The Morgan fingerprint density at radius 2 is 1.13 bits per heavy atom. The van der Waals surface area contributed by atoms with E-state index in [2.05, 4.69) is 65.5 Å². The molecular formula is C42H34F3N5O2S2. The summed E-state index contributed by atoms with van der Waals surface area (Å²) in [4.78, 5) is 9.34. The molecule has 0 saturated heterocycles. The first-order valence-corrected chi connectivity index (χ1v) is 18.2. The Morgan fingerprint density at radius 3 is 1.63 bits per heavy atom. The molecule has 0 unspecified atom stereocenters. The topological polar surface area (TPSA) is 117 Å². The lowest BCUT2D eigenvalue weighted by atomic mass is 10.2. The van der Waals surface area contributed by atoms with Crippen molar-refractivity contribution in [3.05, 3.63) is 150 Å². The van der Waals surface area contributed by atoms with Crippen LogP contribution in [0, 0.1) is 20.8 Å². The van der Waals surface area contributed by atoms with Crippen LogP contribution in [0.15, 0.2) is 138 Å². The Kier molecular flexibility index (Phi) is 11.3. The van der Waals surface area contributed by atoms with Gasteiger partial charge in [-0.2, -0.15) is 23.4 Å². The van der Waals surface area contributed by atoms with Gasteiger partial charge in [-0.15, -0.1) is 22.7 Å². The van der Waals surface area contributed by atoms with Gasteiger partial charge in [0.2, 0.25) is 0 Å². The Morgan fingerprint density at radius 1 is 0.593 bits per heavy atom. The molecule has 0 aliphatic heterocycles. The number of thiazole rings is 2. The molecule has 0 amide bonds.